The van der Waals surface area contributed by atoms with E-state index in [0.29, 0.717) is 43.5 Å². The summed E-state index contributed by atoms with van der Waals surface area (Å²) >= 11 is 0. The number of nitrogens with two attached hydrogens (primary N) is 5. The van der Waals surface area contributed by atoms with Gasteiger partial charge in [0.1, 0.15) is 24.5 Å². The molecule has 0 aromatic heterocycles. The lowest BCUT2D eigenvalue weighted by Crippen LogP contribution is -2.60. The van der Waals surface area contributed by atoms with E-state index in [-0.39, 0.29) is 37.0 Å². The van der Waals surface area contributed by atoms with E-state index in [1.165, 1.54) is 0 Å². The predicted molar refractivity (Wildman–Crippen MR) is 189 cm³/mol. The van der Waals surface area contributed by atoms with Gasteiger partial charge in [-0.1, -0.05) is 68.4 Å². The molecule has 270 valence electrons. The van der Waals surface area contributed by atoms with Gasteiger partial charge in [0.15, 0.2) is 0 Å². The summed E-state index contributed by atoms with van der Waals surface area (Å²) in [5.41, 5.74) is 35.9. The van der Waals surface area contributed by atoms with Gasteiger partial charge in [-0.3, -0.25) is 35.2 Å². The summed E-state index contributed by atoms with van der Waals surface area (Å²) in [5.74, 6) is -2.50. The van der Waals surface area contributed by atoms with Gasteiger partial charge in [0, 0.05) is 18.5 Å². The number of amidine groups is 1. The van der Waals surface area contributed by atoms with Gasteiger partial charge in [0.05, 0.1) is 12.1 Å². The molecule has 0 radical (unpaired) electrons. The lowest BCUT2D eigenvalue weighted by molar-refractivity contribution is -0.139. The Morgan fingerprint density at radius 2 is 1.31 bits per heavy atom. The van der Waals surface area contributed by atoms with Crippen molar-refractivity contribution in [3.05, 3.63) is 71.3 Å². The van der Waals surface area contributed by atoms with Gasteiger partial charge in [0.2, 0.25) is 23.4 Å². The van der Waals surface area contributed by atoms with Crippen LogP contribution < -0.4 is 60.8 Å². The predicted octanol–water partition coefficient (Wildman–Crippen LogP) is -1.92. The van der Waals surface area contributed by atoms with Crippen LogP contribution in [0.2, 0.25) is 0 Å². The highest BCUT2D eigenvalue weighted by molar-refractivity contribution is 6.39. The molecule has 0 bridgehead atoms. The van der Waals surface area contributed by atoms with Crippen LogP contribution >= 0.6 is 0 Å². The third-order valence-corrected chi connectivity index (χ3v) is 7.62. The molecule has 2 aromatic rings. The molecule has 0 aliphatic carbocycles. The van der Waals surface area contributed by atoms with E-state index in [9.17, 15) is 19.2 Å². The minimum absolute atomic E-state index is 0.0525. The second-order valence-electron chi connectivity index (χ2n) is 12.1. The molecule has 2 rings (SSSR count). The normalized spacial score (nSPS) is 13.2. The molecular weight excluding hydrogens is 628 g/mol. The molecule has 0 aliphatic rings. The molecule has 0 saturated heterocycles. The average molecular weight is 683 g/mol. The summed E-state index contributed by atoms with van der Waals surface area (Å²) in [6.07, 6.45) is -0.0554. The number of carbonyl (C=O) groups is 4. The number of amides is 2. The van der Waals surface area contributed by atoms with Crippen molar-refractivity contribution in [2.75, 3.05) is 13.1 Å². The van der Waals surface area contributed by atoms with Crippen LogP contribution in [0.5, 0.6) is 0 Å². The molecule has 0 heterocycles. The van der Waals surface area contributed by atoms with Crippen LogP contribution in [0.4, 0.5) is 0 Å². The summed E-state index contributed by atoms with van der Waals surface area (Å²) < 4.78 is 0. The Balaban J connectivity index is 2.13. The van der Waals surface area contributed by atoms with E-state index in [1.54, 1.807) is 48.5 Å². The third kappa shape index (κ3) is 15.8. The maximum Gasteiger partial charge on any atom is 0.239 e. The summed E-state index contributed by atoms with van der Waals surface area (Å²) in [6.45, 7) is 4.68. The summed E-state index contributed by atoms with van der Waals surface area (Å²) in [6, 6.07) is 13.1. The van der Waals surface area contributed by atoms with Crippen molar-refractivity contribution >= 4 is 29.2 Å². The van der Waals surface area contributed by atoms with Crippen LogP contribution in [0, 0.1) is 11.3 Å². The SMILES string of the molecule is CC(C)[C@H](NN[C@@H](CCCNC(N)N)C(=O)NCc1ccc(C(=N)N)cc1)C(=O)N[C@@H](CCCNC(N)N)C(=O)C(=O)Cc1ccccc1. The minimum atomic E-state index is -1.08. The molecule has 3 atom stereocenters. The van der Waals surface area contributed by atoms with Crippen molar-refractivity contribution in [3.8, 4) is 0 Å². The topological polar surface area (TPSA) is 294 Å². The number of hydrogen-bond donors (Lipinski definition) is 12. The number of benzene rings is 2. The maximum absolute atomic E-state index is 13.6. The number of carbonyl (C=O) groups excluding carboxylic acids is 4. The molecule has 0 aliphatic heterocycles. The van der Waals surface area contributed by atoms with Gasteiger partial charge < -0.3 is 39.3 Å². The molecule has 16 nitrogen and oxygen atoms in total. The van der Waals surface area contributed by atoms with Gasteiger partial charge in [-0.25, -0.2) is 10.9 Å². The second-order valence-corrected chi connectivity index (χ2v) is 12.1. The van der Waals surface area contributed by atoms with Gasteiger partial charge in [-0.15, -0.1) is 0 Å². The fourth-order valence-corrected chi connectivity index (χ4v) is 4.85. The number of rotatable bonds is 24. The number of nitrogens with one attached hydrogen (secondary N) is 7. The molecule has 0 spiro atoms. The average Bonchev–Trinajstić information content (AvgIpc) is 3.05. The van der Waals surface area contributed by atoms with E-state index in [0.717, 1.165) is 5.56 Å². The third-order valence-electron chi connectivity index (χ3n) is 7.62. The van der Waals surface area contributed by atoms with Crippen molar-refractivity contribution in [2.24, 2.45) is 34.6 Å². The Hall–Kier alpha value is -4.13. The monoisotopic (exact) mass is 682 g/mol. The summed E-state index contributed by atoms with van der Waals surface area (Å²) in [7, 11) is 0. The van der Waals surface area contributed by atoms with Crippen LogP contribution in [0.15, 0.2) is 54.6 Å². The molecule has 17 N–H and O–H groups in total. The molecular formula is C33H54N12O4. The Kier molecular flexibility index (Phi) is 18.2. The molecule has 16 heteroatoms. The van der Waals surface area contributed by atoms with Crippen molar-refractivity contribution < 1.29 is 19.2 Å². The van der Waals surface area contributed by atoms with Crippen molar-refractivity contribution in [1.82, 2.24) is 32.1 Å². The summed E-state index contributed by atoms with van der Waals surface area (Å²) in [4.78, 5) is 53.3. The van der Waals surface area contributed by atoms with Gasteiger partial charge in [-0.05, 0) is 55.8 Å². The van der Waals surface area contributed by atoms with Crippen molar-refractivity contribution in [1.29, 1.82) is 5.41 Å². The molecule has 49 heavy (non-hydrogen) atoms. The van der Waals surface area contributed by atoms with Crippen LogP contribution in [-0.2, 0) is 32.1 Å². The number of nitrogen functional groups attached to an aromatic ring is 1. The zero-order valence-electron chi connectivity index (χ0n) is 28.3. The first-order valence-corrected chi connectivity index (χ1v) is 16.4. The largest absolute Gasteiger partial charge is 0.384 e. The Morgan fingerprint density at radius 3 is 1.84 bits per heavy atom. The highest BCUT2D eigenvalue weighted by Crippen LogP contribution is 2.09. The van der Waals surface area contributed by atoms with Crippen LogP contribution in [-0.4, -0.2) is 73.0 Å². The zero-order chi connectivity index (χ0) is 36.3. The highest BCUT2D eigenvalue weighted by atomic mass is 16.2. The van der Waals surface area contributed by atoms with Crippen LogP contribution in [0.3, 0.4) is 0 Å². The van der Waals surface area contributed by atoms with E-state index < -0.39 is 48.2 Å². The minimum Gasteiger partial charge on any atom is -0.384 e. The molecule has 0 fully saturated rings. The highest BCUT2D eigenvalue weighted by Gasteiger charge is 2.31. The number of hydrazine groups is 1. The Bertz CT molecular complexity index is 1340. The van der Waals surface area contributed by atoms with E-state index in [4.69, 9.17) is 34.1 Å². The quantitative estimate of drug-likeness (QED) is 0.0144. The van der Waals surface area contributed by atoms with E-state index >= 15 is 0 Å². The lowest BCUT2D eigenvalue weighted by atomic mass is 9.97. The smallest absolute Gasteiger partial charge is 0.239 e. The Morgan fingerprint density at radius 1 is 0.735 bits per heavy atom. The van der Waals surface area contributed by atoms with Crippen molar-refractivity contribution in [3.63, 3.8) is 0 Å². The van der Waals surface area contributed by atoms with Crippen molar-refractivity contribution in [2.45, 2.75) is 83.2 Å². The number of Topliss-reactive ketones (excluding diaryl/α,β-unsaturated/α-hetero) is 2. The van der Waals surface area contributed by atoms with E-state index in [1.807, 2.05) is 19.9 Å². The summed E-state index contributed by atoms with van der Waals surface area (Å²) in [5, 5.41) is 19.0. The molecule has 2 aromatic carbocycles. The van der Waals surface area contributed by atoms with Crippen LogP contribution in [0.25, 0.3) is 0 Å². The van der Waals surface area contributed by atoms with Gasteiger partial charge in [-0.2, -0.15) is 0 Å². The molecule has 0 unspecified atom stereocenters. The van der Waals surface area contributed by atoms with E-state index in [2.05, 4.69) is 32.1 Å². The number of ketones is 2. The standard InChI is InChI=1S/C33H54N12O4/c1-20(2)27(31(49)43-24(10-6-16-40-32(36)37)28(47)26(46)18-21-8-4-3-5-9-21)45-44-25(11-7-17-41-33(38)39)30(48)42-19-22-12-14-23(15-13-22)29(34)35/h3-5,8-9,12-15,20,24-25,27,32-33,40-41,44-45H,6-7,10-11,16-19,36-39H2,1-2H3,(H3,34,35)(H,42,48)(H,43,49)/t24-,25-,27-/m0/s1. The Labute approximate surface area is 287 Å². The molecule has 2 amide bonds. The first kappa shape index (κ1) is 41.0. The number of hydrogen-bond acceptors (Lipinski definition) is 13. The first-order chi connectivity index (χ1) is 23.3. The fourth-order valence-electron chi connectivity index (χ4n) is 4.85. The van der Waals surface area contributed by atoms with Gasteiger partial charge in [0.25, 0.3) is 0 Å². The molecule has 0 saturated carbocycles. The maximum atomic E-state index is 13.6. The second kappa shape index (κ2) is 21.8. The zero-order valence-corrected chi connectivity index (χ0v) is 28.3. The lowest BCUT2D eigenvalue weighted by Gasteiger charge is -2.28. The fraction of sp³-hybridized carbons (Fsp3) is 0.485. The first-order valence-electron chi connectivity index (χ1n) is 16.4. The van der Waals surface area contributed by atoms with Gasteiger partial charge >= 0.3 is 0 Å². The van der Waals surface area contributed by atoms with Crippen LogP contribution in [0.1, 0.15) is 56.2 Å².